The third kappa shape index (κ3) is 4.11. The van der Waals surface area contributed by atoms with E-state index >= 15 is 0 Å². The SMILES string of the molecule is CCc1c(C)nc2c(c1NC(=O)N=S(C)(=O)c1cnc(C(C)(C)O)s1)CCC2. The van der Waals surface area contributed by atoms with Crippen LogP contribution in [0.3, 0.4) is 0 Å². The number of nitrogens with zero attached hydrogens (tertiary/aromatic N) is 3. The van der Waals surface area contributed by atoms with Crippen molar-refractivity contribution in [3.63, 3.8) is 0 Å². The van der Waals surface area contributed by atoms with Crippen LogP contribution in [0.1, 0.15) is 54.7 Å². The number of rotatable bonds is 4. The Morgan fingerprint density at radius 1 is 1.43 bits per heavy atom. The molecule has 7 nitrogen and oxygen atoms in total. The number of anilines is 1. The quantitative estimate of drug-likeness (QED) is 0.779. The van der Waals surface area contributed by atoms with Crippen LogP contribution in [0.15, 0.2) is 14.8 Å². The summed E-state index contributed by atoms with van der Waals surface area (Å²) in [4.78, 5) is 21.4. The molecule has 0 fully saturated rings. The molecule has 0 aliphatic heterocycles. The lowest BCUT2D eigenvalue weighted by Crippen LogP contribution is -2.15. The fourth-order valence-corrected chi connectivity index (χ4v) is 5.71. The van der Waals surface area contributed by atoms with Gasteiger partial charge in [-0.3, -0.25) is 4.98 Å². The van der Waals surface area contributed by atoms with Crippen molar-refractivity contribution in [1.82, 2.24) is 9.97 Å². The Kier molecular flexibility index (Phi) is 5.62. The lowest BCUT2D eigenvalue weighted by Gasteiger charge is -2.16. The van der Waals surface area contributed by atoms with Crippen LogP contribution in [0.4, 0.5) is 10.5 Å². The van der Waals surface area contributed by atoms with E-state index in [0.717, 1.165) is 65.2 Å². The largest absolute Gasteiger partial charge is 0.383 e. The second kappa shape index (κ2) is 7.53. The van der Waals surface area contributed by atoms with Gasteiger partial charge in [-0.25, -0.2) is 14.0 Å². The molecule has 2 aromatic rings. The minimum absolute atomic E-state index is 0.367. The molecule has 152 valence electrons. The summed E-state index contributed by atoms with van der Waals surface area (Å²) in [6.45, 7) is 7.18. The molecule has 0 saturated heterocycles. The van der Waals surface area contributed by atoms with Gasteiger partial charge in [0.1, 0.15) is 14.8 Å². The molecule has 2 amide bonds. The molecule has 28 heavy (non-hydrogen) atoms. The average molecular weight is 423 g/mol. The number of amides is 2. The van der Waals surface area contributed by atoms with Gasteiger partial charge in [0.2, 0.25) is 0 Å². The Hall–Kier alpha value is -1.84. The molecule has 0 radical (unpaired) electrons. The summed E-state index contributed by atoms with van der Waals surface area (Å²) < 4.78 is 17.3. The van der Waals surface area contributed by atoms with Gasteiger partial charge in [-0.15, -0.1) is 15.7 Å². The second-order valence-electron chi connectivity index (χ2n) is 7.55. The van der Waals surface area contributed by atoms with Gasteiger partial charge in [-0.1, -0.05) is 6.92 Å². The van der Waals surface area contributed by atoms with E-state index in [-0.39, 0.29) is 0 Å². The van der Waals surface area contributed by atoms with Gasteiger partial charge in [-0.05, 0) is 57.6 Å². The number of fused-ring (bicyclic) bond motifs is 1. The molecule has 1 atom stereocenters. The lowest BCUT2D eigenvalue weighted by molar-refractivity contribution is 0.0783. The van der Waals surface area contributed by atoms with Gasteiger partial charge in [0.05, 0.1) is 21.6 Å². The highest BCUT2D eigenvalue weighted by atomic mass is 32.2. The van der Waals surface area contributed by atoms with Crippen molar-refractivity contribution in [3.8, 4) is 0 Å². The van der Waals surface area contributed by atoms with Crippen molar-refractivity contribution in [2.24, 2.45) is 4.36 Å². The van der Waals surface area contributed by atoms with Gasteiger partial charge in [0.15, 0.2) is 0 Å². The molecule has 1 unspecified atom stereocenters. The number of pyridine rings is 1. The molecule has 2 heterocycles. The normalized spacial score (nSPS) is 15.8. The minimum Gasteiger partial charge on any atom is -0.383 e. The number of hydrogen-bond donors (Lipinski definition) is 2. The average Bonchev–Trinajstić information content (AvgIpc) is 3.23. The van der Waals surface area contributed by atoms with E-state index in [1.54, 1.807) is 13.8 Å². The third-order valence-corrected chi connectivity index (χ3v) is 8.40. The van der Waals surface area contributed by atoms with E-state index in [1.165, 1.54) is 12.5 Å². The molecule has 0 spiro atoms. The molecule has 1 aliphatic rings. The summed E-state index contributed by atoms with van der Waals surface area (Å²) >= 11 is 1.10. The molecule has 0 aromatic carbocycles. The van der Waals surface area contributed by atoms with Crippen molar-refractivity contribution in [3.05, 3.63) is 33.7 Å². The minimum atomic E-state index is -2.97. The van der Waals surface area contributed by atoms with Gasteiger partial charge in [-0.2, -0.15) is 0 Å². The Labute approximate surface area is 169 Å². The fraction of sp³-hybridized carbons (Fsp3) is 0.526. The van der Waals surface area contributed by atoms with Crippen LogP contribution >= 0.6 is 11.3 Å². The zero-order valence-corrected chi connectivity index (χ0v) is 18.5. The molecular weight excluding hydrogens is 396 g/mol. The van der Waals surface area contributed by atoms with Crippen LogP contribution in [0, 0.1) is 6.92 Å². The number of aryl methyl sites for hydroxylation is 2. The topological polar surface area (TPSA) is 105 Å². The maximum absolute atomic E-state index is 13.0. The molecule has 2 N–H and O–H groups in total. The first-order valence-electron chi connectivity index (χ1n) is 9.26. The van der Waals surface area contributed by atoms with Crippen molar-refractivity contribution in [2.75, 3.05) is 11.6 Å². The van der Waals surface area contributed by atoms with Crippen LogP contribution in [-0.4, -0.2) is 31.6 Å². The number of aliphatic hydroxyl groups is 1. The summed E-state index contributed by atoms with van der Waals surface area (Å²) in [5.74, 6) is 0. The summed E-state index contributed by atoms with van der Waals surface area (Å²) in [6.07, 6.45) is 6.37. The number of carbonyl (C=O) groups excluding carboxylic acids is 1. The van der Waals surface area contributed by atoms with E-state index < -0.39 is 21.4 Å². The first-order chi connectivity index (χ1) is 13.0. The highest BCUT2D eigenvalue weighted by molar-refractivity contribution is 7.95. The predicted octanol–water partition coefficient (Wildman–Crippen LogP) is 3.81. The van der Waals surface area contributed by atoms with Crippen molar-refractivity contribution >= 4 is 32.8 Å². The Bertz CT molecular complexity index is 1040. The molecule has 0 bridgehead atoms. The van der Waals surface area contributed by atoms with Crippen LogP contribution in [0.5, 0.6) is 0 Å². The summed E-state index contributed by atoms with van der Waals surface area (Å²) in [7, 11) is -2.97. The monoisotopic (exact) mass is 422 g/mol. The van der Waals surface area contributed by atoms with Crippen LogP contribution in [-0.2, 0) is 34.6 Å². The number of thiazole rings is 1. The van der Waals surface area contributed by atoms with E-state index in [0.29, 0.717) is 9.22 Å². The zero-order valence-electron chi connectivity index (χ0n) is 16.8. The van der Waals surface area contributed by atoms with Gasteiger partial charge in [0.25, 0.3) is 0 Å². The van der Waals surface area contributed by atoms with E-state index in [9.17, 15) is 14.1 Å². The zero-order chi connectivity index (χ0) is 20.7. The van der Waals surface area contributed by atoms with Crippen molar-refractivity contribution in [1.29, 1.82) is 0 Å². The highest BCUT2D eigenvalue weighted by Crippen LogP contribution is 2.33. The van der Waals surface area contributed by atoms with Gasteiger partial charge >= 0.3 is 6.03 Å². The van der Waals surface area contributed by atoms with E-state index in [4.69, 9.17) is 0 Å². The standard InChI is InChI=1S/C19H26N4O3S2/c1-6-12-11(2)21-14-9-7-8-13(14)16(12)22-18(24)23-28(5,26)15-10-20-17(27-15)19(3,4)25/h10,25H,6-9H2,1-5H3,(H,21,22,24). The summed E-state index contributed by atoms with van der Waals surface area (Å²) in [6, 6.07) is -0.639. The van der Waals surface area contributed by atoms with Gasteiger partial charge in [0, 0.05) is 17.6 Å². The number of carbonyl (C=O) groups is 1. The third-order valence-electron chi connectivity index (χ3n) is 4.76. The maximum atomic E-state index is 13.0. The fourth-order valence-electron chi connectivity index (χ4n) is 3.39. The maximum Gasteiger partial charge on any atom is 0.353 e. The highest BCUT2D eigenvalue weighted by Gasteiger charge is 2.25. The van der Waals surface area contributed by atoms with Crippen LogP contribution < -0.4 is 5.32 Å². The van der Waals surface area contributed by atoms with Crippen molar-refractivity contribution in [2.45, 2.75) is 63.2 Å². The van der Waals surface area contributed by atoms with E-state index in [1.807, 2.05) is 13.8 Å². The summed E-state index contributed by atoms with van der Waals surface area (Å²) in [5.41, 5.74) is 3.64. The second-order valence-corrected chi connectivity index (χ2v) is 11.1. The predicted molar refractivity (Wildman–Crippen MR) is 112 cm³/mol. The number of aromatic nitrogens is 2. The molecule has 9 heteroatoms. The van der Waals surface area contributed by atoms with E-state index in [2.05, 4.69) is 19.6 Å². The Balaban J connectivity index is 1.94. The number of nitrogens with one attached hydrogen (secondary N) is 1. The molecule has 0 saturated carbocycles. The Morgan fingerprint density at radius 2 is 2.14 bits per heavy atom. The Morgan fingerprint density at radius 3 is 2.75 bits per heavy atom. The molecular formula is C19H26N4O3S2. The molecule has 3 rings (SSSR count). The van der Waals surface area contributed by atoms with Crippen LogP contribution in [0.25, 0.3) is 0 Å². The number of urea groups is 1. The smallest absolute Gasteiger partial charge is 0.353 e. The molecule has 2 aromatic heterocycles. The van der Waals surface area contributed by atoms with Crippen LogP contribution in [0.2, 0.25) is 0 Å². The lowest BCUT2D eigenvalue weighted by atomic mass is 10.0. The summed E-state index contributed by atoms with van der Waals surface area (Å²) in [5, 5.41) is 13.4. The first kappa shape index (κ1) is 20.9. The van der Waals surface area contributed by atoms with Crippen molar-refractivity contribution < 1.29 is 14.1 Å². The van der Waals surface area contributed by atoms with Gasteiger partial charge < -0.3 is 10.4 Å². The first-order valence-corrected chi connectivity index (χ1v) is 12.0. The number of hydrogen-bond acceptors (Lipinski definition) is 6. The molecule has 1 aliphatic carbocycles.